The normalized spacial score (nSPS) is 27.6. The molecule has 0 bridgehead atoms. The van der Waals surface area contributed by atoms with E-state index in [0.29, 0.717) is 13.0 Å². The zero-order chi connectivity index (χ0) is 28.0. The minimum absolute atomic E-state index is 0.136. The summed E-state index contributed by atoms with van der Waals surface area (Å²) in [5.41, 5.74) is -2.75. The van der Waals surface area contributed by atoms with E-state index in [1.807, 2.05) is 0 Å². The number of nitrogens with zero attached hydrogens (tertiary/aromatic N) is 2. The first kappa shape index (κ1) is 27.7. The predicted molar refractivity (Wildman–Crippen MR) is 127 cm³/mol. The molecule has 13 heteroatoms. The van der Waals surface area contributed by atoms with Crippen molar-refractivity contribution in [3.63, 3.8) is 0 Å². The van der Waals surface area contributed by atoms with Crippen LogP contribution in [0.5, 0.6) is 5.75 Å². The van der Waals surface area contributed by atoms with Gasteiger partial charge in [-0.2, -0.15) is 17.6 Å². The van der Waals surface area contributed by atoms with Gasteiger partial charge in [-0.05, 0) is 32.5 Å². The van der Waals surface area contributed by atoms with Crippen LogP contribution in [0, 0.1) is 17.6 Å². The van der Waals surface area contributed by atoms with Crippen molar-refractivity contribution in [1.82, 2.24) is 10.3 Å². The predicted octanol–water partition coefficient (Wildman–Crippen LogP) is 3.77. The fourth-order valence-corrected chi connectivity index (χ4v) is 5.07. The summed E-state index contributed by atoms with van der Waals surface area (Å²) in [7, 11) is 2.71. The number of hydrogen-bond acceptors (Lipinski definition) is 6. The second-order valence-corrected chi connectivity index (χ2v) is 9.45. The van der Waals surface area contributed by atoms with Crippen LogP contribution in [-0.2, 0) is 14.3 Å². The molecule has 38 heavy (non-hydrogen) atoms. The number of alkyl halides is 3. The lowest BCUT2D eigenvalue weighted by atomic mass is 9.77. The lowest BCUT2D eigenvalue weighted by Crippen LogP contribution is -2.47. The van der Waals surface area contributed by atoms with Crippen LogP contribution in [0.2, 0.25) is 0 Å². The highest BCUT2D eigenvalue weighted by atomic mass is 19.4. The topological polar surface area (TPSA) is 92.8 Å². The lowest BCUT2D eigenvalue weighted by molar-refractivity contribution is -0.272. The number of carbonyl (C=O) groups excluding carboxylic acids is 2. The first-order chi connectivity index (χ1) is 17.8. The molecule has 0 saturated carbocycles. The summed E-state index contributed by atoms with van der Waals surface area (Å²) in [6, 6.07) is 4.30. The summed E-state index contributed by atoms with van der Waals surface area (Å²) >= 11 is 0. The summed E-state index contributed by atoms with van der Waals surface area (Å²) in [5, 5.41) is 5.43. The Hall–Kier alpha value is -3.32. The molecule has 206 valence electrons. The summed E-state index contributed by atoms with van der Waals surface area (Å²) < 4.78 is 81.1. The number of rotatable bonds is 6. The molecule has 5 atom stereocenters. The van der Waals surface area contributed by atoms with Crippen LogP contribution in [0.3, 0.4) is 0 Å². The highest BCUT2D eigenvalue weighted by molar-refractivity contribution is 6.00. The molecule has 8 nitrogen and oxygen atoms in total. The lowest BCUT2D eigenvalue weighted by Gasteiger charge is -2.32. The first-order valence-corrected chi connectivity index (χ1v) is 11.9. The number of nitrogens with one attached hydrogen (secondary N) is 2. The molecular formula is C25H27F5N4O4. The summed E-state index contributed by atoms with van der Waals surface area (Å²) in [6.45, 7) is 2.43. The molecule has 2 aliphatic rings. The SMILES string of the molecule is CN[C@@H]1CCN(c2cc(NC(=O)[C@@H]3O[C@@](C)(C(F)(F)F)[C@@H](C)[C@H]3c3ccc(F)c(F)c3OC)ccn2)C1=O. The van der Waals surface area contributed by atoms with Gasteiger partial charge in [-0.25, -0.2) is 9.37 Å². The van der Waals surface area contributed by atoms with Gasteiger partial charge in [0.05, 0.1) is 13.2 Å². The molecule has 0 unspecified atom stereocenters. The Morgan fingerprint density at radius 2 is 1.97 bits per heavy atom. The van der Waals surface area contributed by atoms with Gasteiger partial charge in [0.25, 0.3) is 5.91 Å². The van der Waals surface area contributed by atoms with E-state index < -0.39 is 53.0 Å². The molecule has 1 aromatic carbocycles. The van der Waals surface area contributed by atoms with E-state index >= 15 is 0 Å². The first-order valence-electron chi connectivity index (χ1n) is 11.9. The molecule has 2 fully saturated rings. The minimum Gasteiger partial charge on any atom is -0.493 e. The number of hydrogen-bond donors (Lipinski definition) is 2. The van der Waals surface area contributed by atoms with Gasteiger partial charge in [0, 0.05) is 41.9 Å². The van der Waals surface area contributed by atoms with E-state index in [4.69, 9.17) is 9.47 Å². The average Bonchev–Trinajstić information content (AvgIpc) is 3.38. The third-order valence-corrected chi connectivity index (χ3v) is 7.41. The largest absolute Gasteiger partial charge is 0.493 e. The number of benzene rings is 1. The fraction of sp³-hybridized carbons (Fsp3) is 0.480. The number of likely N-dealkylation sites (N-methyl/N-ethyl adjacent to an activating group) is 1. The maximum atomic E-state index is 14.5. The van der Waals surface area contributed by atoms with E-state index in [-0.39, 0.29) is 29.0 Å². The number of halogens is 5. The summed E-state index contributed by atoms with van der Waals surface area (Å²) in [5.74, 6) is -6.86. The van der Waals surface area contributed by atoms with Crippen LogP contribution in [0.4, 0.5) is 33.5 Å². The van der Waals surface area contributed by atoms with Crippen LogP contribution in [0.15, 0.2) is 30.5 Å². The fourth-order valence-electron chi connectivity index (χ4n) is 5.07. The van der Waals surface area contributed by atoms with Gasteiger partial charge in [0.15, 0.2) is 17.2 Å². The van der Waals surface area contributed by atoms with Crippen LogP contribution < -0.4 is 20.3 Å². The Balaban J connectivity index is 1.68. The minimum atomic E-state index is -4.88. The summed E-state index contributed by atoms with van der Waals surface area (Å²) in [6.07, 6.45) is -4.72. The molecular weight excluding hydrogens is 515 g/mol. The van der Waals surface area contributed by atoms with Crippen molar-refractivity contribution in [3.05, 3.63) is 47.7 Å². The number of ether oxygens (including phenoxy) is 2. The number of carbonyl (C=O) groups is 2. The second kappa shape index (κ2) is 10.1. The van der Waals surface area contributed by atoms with Crippen molar-refractivity contribution in [2.45, 2.75) is 50.1 Å². The Morgan fingerprint density at radius 3 is 2.58 bits per heavy atom. The van der Waals surface area contributed by atoms with Gasteiger partial charge in [0.2, 0.25) is 11.7 Å². The van der Waals surface area contributed by atoms with Crippen molar-refractivity contribution >= 4 is 23.3 Å². The molecule has 2 saturated heterocycles. The van der Waals surface area contributed by atoms with Crippen molar-refractivity contribution < 1.29 is 41.0 Å². The van der Waals surface area contributed by atoms with Crippen LogP contribution in [0.1, 0.15) is 31.7 Å². The molecule has 0 radical (unpaired) electrons. The van der Waals surface area contributed by atoms with Crippen molar-refractivity contribution in [1.29, 1.82) is 0 Å². The van der Waals surface area contributed by atoms with Gasteiger partial charge >= 0.3 is 6.18 Å². The molecule has 2 amide bonds. The van der Waals surface area contributed by atoms with E-state index in [9.17, 15) is 31.5 Å². The molecule has 4 rings (SSSR count). The number of amides is 2. The van der Waals surface area contributed by atoms with E-state index in [2.05, 4.69) is 15.6 Å². The Kier molecular flexibility index (Phi) is 7.36. The Labute approximate surface area is 215 Å². The molecule has 1 aromatic heterocycles. The number of methoxy groups -OCH3 is 1. The van der Waals surface area contributed by atoms with Gasteiger partial charge in [-0.1, -0.05) is 13.0 Å². The van der Waals surface area contributed by atoms with Crippen molar-refractivity contribution in [2.24, 2.45) is 5.92 Å². The third kappa shape index (κ3) is 4.57. The zero-order valence-corrected chi connectivity index (χ0v) is 21.0. The molecule has 0 aliphatic carbocycles. The molecule has 3 heterocycles. The third-order valence-electron chi connectivity index (χ3n) is 7.41. The van der Waals surface area contributed by atoms with Crippen LogP contribution in [-0.4, -0.2) is 61.4 Å². The van der Waals surface area contributed by atoms with Gasteiger partial charge in [0.1, 0.15) is 11.9 Å². The second-order valence-electron chi connectivity index (χ2n) is 9.45. The maximum Gasteiger partial charge on any atom is 0.417 e. The van der Waals surface area contributed by atoms with E-state index in [1.165, 1.54) is 30.2 Å². The molecule has 2 aromatic rings. The van der Waals surface area contributed by atoms with Crippen LogP contribution >= 0.6 is 0 Å². The Bertz CT molecular complexity index is 1240. The van der Waals surface area contributed by atoms with Gasteiger partial charge in [-0.3, -0.25) is 14.5 Å². The standard InChI is InChI=1S/C25H27F5N4O4/c1-12-18(14-5-6-15(26)19(27)20(14)37-4)21(38-24(12,2)25(28,29)30)22(35)33-13-7-9-32-17(11-13)34-10-8-16(31-3)23(34)36/h5-7,9,11-12,16,18,21,31H,8,10H2,1-4H3,(H,32,33,35)/t12-,16+,18-,21+,24+/m0/s1. The summed E-state index contributed by atoms with van der Waals surface area (Å²) in [4.78, 5) is 31.5. The smallest absolute Gasteiger partial charge is 0.417 e. The highest BCUT2D eigenvalue weighted by Gasteiger charge is 2.66. The molecule has 2 N–H and O–H groups in total. The van der Waals surface area contributed by atoms with E-state index in [1.54, 1.807) is 7.05 Å². The molecule has 2 aliphatic heterocycles. The number of aromatic nitrogens is 1. The maximum absolute atomic E-state index is 14.5. The van der Waals surface area contributed by atoms with E-state index in [0.717, 1.165) is 26.2 Å². The van der Waals surface area contributed by atoms with Crippen molar-refractivity contribution in [3.8, 4) is 5.75 Å². The zero-order valence-electron chi connectivity index (χ0n) is 21.0. The average molecular weight is 543 g/mol. The molecule has 0 spiro atoms. The number of pyridine rings is 1. The number of anilines is 2. The highest BCUT2D eigenvalue weighted by Crippen LogP contribution is 2.55. The Morgan fingerprint density at radius 1 is 1.26 bits per heavy atom. The van der Waals surface area contributed by atoms with Crippen molar-refractivity contribution in [2.75, 3.05) is 30.9 Å². The van der Waals surface area contributed by atoms with Gasteiger partial charge < -0.3 is 20.1 Å². The quantitative estimate of drug-likeness (QED) is 0.540. The monoisotopic (exact) mass is 542 g/mol. The van der Waals surface area contributed by atoms with Crippen LogP contribution in [0.25, 0.3) is 0 Å². The van der Waals surface area contributed by atoms with Gasteiger partial charge in [-0.15, -0.1) is 0 Å².